The van der Waals surface area contributed by atoms with Gasteiger partial charge in [0.25, 0.3) is 0 Å². The Balaban J connectivity index is 0.00000304. The van der Waals surface area contributed by atoms with Crippen LogP contribution in [0.1, 0.15) is 21.9 Å². The van der Waals surface area contributed by atoms with Gasteiger partial charge in [0.05, 0.1) is 37.4 Å². The molecule has 4 aromatic rings. The molecule has 5 rings (SSSR count). The van der Waals surface area contributed by atoms with Crippen LogP contribution < -0.4 is 44.3 Å². The number of benzene rings is 1. The molecule has 10 nitrogen and oxygen atoms in total. The number of hydrogen-bond acceptors (Lipinski definition) is 10. The van der Waals surface area contributed by atoms with E-state index in [0.717, 1.165) is 30.6 Å². The number of nitrogens with zero attached hydrogens (tertiary/aromatic N) is 4. The van der Waals surface area contributed by atoms with Gasteiger partial charge in [0.2, 0.25) is 11.8 Å². The zero-order valence-electron chi connectivity index (χ0n) is 19.5. The molecule has 0 unspecified atom stereocenters. The van der Waals surface area contributed by atoms with Crippen LogP contribution in [0.25, 0.3) is 22.4 Å². The number of carboxylic acids is 1. The number of morpholine rings is 1. The number of anilines is 1. The Hall–Kier alpha value is -3.62. The third-order valence-corrected chi connectivity index (χ3v) is 5.56. The van der Waals surface area contributed by atoms with Gasteiger partial charge in [0.1, 0.15) is 23.6 Å². The van der Waals surface area contributed by atoms with Crippen LogP contribution >= 0.6 is 0 Å². The van der Waals surface area contributed by atoms with Crippen LogP contribution in [0.4, 0.5) is 5.69 Å². The minimum absolute atomic E-state index is 0. The summed E-state index contributed by atoms with van der Waals surface area (Å²) in [5, 5.41) is 20.8. The summed E-state index contributed by atoms with van der Waals surface area (Å²) >= 11 is 0. The summed E-state index contributed by atoms with van der Waals surface area (Å²) in [6, 6.07) is 13.6. The second kappa shape index (κ2) is 11.4. The molecule has 176 valence electrons. The van der Waals surface area contributed by atoms with Crippen molar-refractivity contribution in [2.75, 3.05) is 31.2 Å². The molecule has 0 bridgehead atoms. The number of nitriles is 1. The maximum absolute atomic E-state index is 10.9. The van der Waals surface area contributed by atoms with Crippen LogP contribution in [0.5, 0.6) is 5.88 Å². The molecular formula is C25H19N4NaO6. The van der Waals surface area contributed by atoms with Gasteiger partial charge in [0, 0.05) is 35.5 Å². The van der Waals surface area contributed by atoms with E-state index in [2.05, 4.69) is 20.9 Å². The van der Waals surface area contributed by atoms with Crippen LogP contribution in [0.3, 0.4) is 0 Å². The summed E-state index contributed by atoms with van der Waals surface area (Å²) in [7, 11) is 0. The maximum Gasteiger partial charge on any atom is 1.00 e. The van der Waals surface area contributed by atoms with Crippen molar-refractivity contribution in [1.82, 2.24) is 9.97 Å². The molecule has 1 aromatic carbocycles. The number of furan rings is 1. The number of carbonyl (C=O) groups is 1. The first-order chi connectivity index (χ1) is 17.1. The predicted molar refractivity (Wildman–Crippen MR) is 120 cm³/mol. The molecule has 0 amide bonds. The third kappa shape index (κ3) is 5.45. The van der Waals surface area contributed by atoms with E-state index >= 15 is 0 Å². The molecule has 3 aromatic heterocycles. The fourth-order valence-electron chi connectivity index (χ4n) is 3.79. The number of aromatic nitrogens is 2. The smallest absolute Gasteiger partial charge is 0.543 e. The first-order valence-electron chi connectivity index (χ1n) is 10.8. The number of ether oxygens (including phenoxy) is 2. The quantitative estimate of drug-likeness (QED) is 0.314. The summed E-state index contributed by atoms with van der Waals surface area (Å²) in [4.78, 5) is 21.6. The molecule has 1 fully saturated rings. The van der Waals surface area contributed by atoms with Crippen molar-refractivity contribution in [2.24, 2.45) is 0 Å². The molecule has 0 N–H and O–H groups in total. The molecule has 1 aliphatic heterocycles. The molecule has 0 aliphatic carbocycles. The number of aromatic carboxylic acids is 1. The third-order valence-electron chi connectivity index (χ3n) is 5.56. The van der Waals surface area contributed by atoms with Gasteiger partial charge in [-0.1, -0.05) is 12.1 Å². The first kappa shape index (κ1) is 25.5. The van der Waals surface area contributed by atoms with Crippen LogP contribution in [0.2, 0.25) is 0 Å². The van der Waals surface area contributed by atoms with E-state index in [4.69, 9.17) is 18.3 Å². The predicted octanol–water partition coefficient (Wildman–Crippen LogP) is -0.349. The zero-order valence-corrected chi connectivity index (χ0v) is 21.5. The molecule has 36 heavy (non-hydrogen) atoms. The van der Waals surface area contributed by atoms with E-state index in [9.17, 15) is 15.2 Å². The van der Waals surface area contributed by atoms with Gasteiger partial charge in [-0.2, -0.15) is 5.26 Å². The van der Waals surface area contributed by atoms with Crippen molar-refractivity contribution in [1.29, 1.82) is 5.26 Å². The Morgan fingerprint density at radius 1 is 1.11 bits per heavy atom. The summed E-state index contributed by atoms with van der Waals surface area (Å²) in [5.41, 5.74) is 3.64. The van der Waals surface area contributed by atoms with E-state index in [1.807, 2.05) is 24.3 Å². The molecule has 4 heterocycles. The van der Waals surface area contributed by atoms with Crippen molar-refractivity contribution in [2.45, 2.75) is 6.61 Å². The Morgan fingerprint density at radius 3 is 2.53 bits per heavy atom. The largest absolute Gasteiger partial charge is 1.00 e. The molecule has 0 spiro atoms. The average molecular weight is 494 g/mol. The summed E-state index contributed by atoms with van der Waals surface area (Å²) in [6.45, 7) is 2.83. The van der Waals surface area contributed by atoms with Crippen molar-refractivity contribution in [3.63, 3.8) is 0 Å². The summed E-state index contributed by atoms with van der Waals surface area (Å²) in [5.74, 6) is -1.38. The van der Waals surface area contributed by atoms with E-state index in [1.54, 1.807) is 12.1 Å². The monoisotopic (exact) mass is 494 g/mol. The van der Waals surface area contributed by atoms with Gasteiger partial charge in [-0.25, -0.2) is 9.97 Å². The fourth-order valence-corrected chi connectivity index (χ4v) is 3.79. The topological polar surface area (TPSA) is 138 Å². The first-order valence-corrected chi connectivity index (χ1v) is 10.8. The summed E-state index contributed by atoms with van der Waals surface area (Å²) in [6.07, 6.45) is 4.02. The molecule has 0 atom stereocenters. The van der Waals surface area contributed by atoms with E-state index in [-0.39, 0.29) is 59.2 Å². The second-order valence-corrected chi connectivity index (χ2v) is 7.71. The van der Waals surface area contributed by atoms with Gasteiger partial charge < -0.3 is 33.1 Å². The Kier molecular flexibility index (Phi) is 8.07. The van der Waals surface area contributed by atoms with Crippen LogP contribution in [0.15, 0.2) is 64.0 Å². The van der Waals surface area contributed by atoms with Gasteiger partial charge in [-0.3, -0.25) is 0 Å². The summed E-state index contributed by atoms with van der Waals surface area (Å²) < 4.78 is 21.5. The standard InChI is InChI=1S/C25H20N4O6.Na/c26-12-20-19(17-5-8-33-13-17)11-21(16-1-3-18(4-2-16)29-6-9-32-10-7-29)28-24(20)35-15-23-27-22(14-34-23)25(30)31;/h1-5,8,11,13-14H,6-7,9-10,15H2,(H,30,31);/q;+1/p-1. The molecule has 1 aliphatic rings. The molecule has 11 heteroatoms. The Labute approximate surface area is 228 Å². The van der Waals surface area contributed by atoms with Gasteiger partial charge in [-0.15, -0.1) is 0 Å². The number of hydrogen-bond donors (Lipinski definition) is 0. The normalized spacial score (nSPS) is 13.0. The number of pyridine rings is 1. The van der Waals surface area contributed by atoms with Crippen LogP contribution in [0, 0.1) is 11.3 Å². The van der Waals surface area contributed by atoms with Crippen molar-refractivity contribution in [3.05, 3.63) is 72.3 Å². The maximum atomic E-state index is 10.9. The zero-order chi connectivity index (χ0) is 24.2. The van der Waals surface area contributed by atoms with Crippen molar-refractivity contribution >= 4 is 11.7 Å². The van der Waals surface area contributed by atoms with Crippen LogP contribution in [-0.4, -0.2) is 42.2 Å². The molecular weight excluding hydrogens is 475 g/mol. The minimum atomic E-state index is -1.46. The molecule has 0 radical (unpaired) electrons. The number of rotatable bonds is 7. The Bertz CT molecular complexity index is 1370. The van der Waals surface area contributed by atoms with Gasteiger partial charge in [0.15, 0.2) is 6.61 Å². The number of carbonyl (C=O) groups excluding carboxylic acids is 1. The van der Waals surface area contributed by atoms with Crippen molar-refractivity contribution in [3.8, 4) is 34.3 Å². The van der Waals surface area contributed by atoms with Gasteiger partial charge in [-0.05, 0) is 24.3 Å². The van der Waals surface area contributed by atoms with Gasteiger partial charge >= 0.3 is 29.6 Å². The molecule has 1 saturated heterocycles. The molecule has 0 saturated carbocycles. The Morgan fingerprint density at radius 2 is 1.89 bits per heavy atom. The number of carboxylic acid groups (broad SMARTS) is 1. The van der Waals surface area contributed by atoms with Crippen molar-refractivity contribution < 1.29 is 57.8 Å². The van der Waals surface area contributed by atoms with E-state index < -0.39 is 5.97 Å². The average Bonchev–Trinajstić information content (AvgIpc) is 3.60. The van der Waals surface area contributed by atoms with Crippen LogP contribution in [-0.2, 0) is 11.3 Å². The van der Waals surface area contributed by atoms with E-state index in [0.29, 0.717) is 30.0 Å². The number of oxazole rings is 1. The van der Waals surface area contributed by atoms with E-state index in [1.165, 1.54) is 12.5 Å². The minimum Gasteiger partial charge on any atom is -0.543 e. The fraction of sp³-hybridized carbons (Fsp3) is 0.200. The second-order valence-electron chi connectivity index (χ2n) is 7.71. The SMILES string of the molecule is N#Cc1c(-c2ccoc2)cc(-c2ccc(N3CCOCC3)cc2)nc1OCc1nc(C(=O)[O-])co1.[Na+].